The molecule has 0 saturated carbocycles. The number of halogens is 2. The highest BCUT2D eigenvalue weighted by Crippen LogP contribution is 2.28. The molecule has 0 saturated heterocycles. The summed E-state index contributed by atoms with van der Waals surface area (Å²) in [5.41, 5.74) is 0.852. The number of aromatic carboxylic acids is 1. The van der Waals surface area contributed by atoms with Gasteiger partial charge in [-0.1, -0.05) is 25.7 Å². The molecule has 0 bridgehead atoms. The fraction of sp³-hybridized carbons (Fsp3) is 0.412. The van der Waals surface area contributed by atoms with E-state index in [2.05, 4.69) is 29.5 Å². The van der Waals surface area contributed by atoms with Crippen molar-refractivity contribution in [2.24, 2.45) is 0 Å². The van der Waals surface area contributed by atoms with Gasteiger partial charge in [-0.25, -0.2) is 9.48 Å². The van der Waals surface area contributed by atoms with Crippen LogP contribution < -0.4 is 4.74 Å². The number of hydrogen-bond acceptors (Lipinski definition) is 4. The maximum Gasteiger partial charge on any atom is 0.387 e. The van der Waals surface area contributed by atoms with Crippen molar-refractivity contribution in [2.45, 2.75) is 39.0 Å². The molecule has 2 rings (SSSR count). The smallest absolute Gasteiger partial charge is 0.387 e. The van der Waals surface area contributed by atoms with Crippen LogP contribution in [0.2, 0.25) is 25.7 Å². The van der Waals surface area contributed by atoms with Gasteiger partial charge in [-0.3, -0.25) is 0 Å². The minimum atomic E-state index is -3.11. The lowest BCUT2D eigenvalue weighted by Crippen LogP contribution is -2.22. The third-order valence-corrected chi connectivity index (χ3v) is 5.32. The van der Waals surface area contributed by atoms with Crippen LogP contribution in [0.3, 0.4) is 0 Å². The Balaban J connectivity index is 2.09. The topological polar surface area (TPSA) is 73.6 Å². The van der Waals surface area contributed by atoms with E-state index in [1.807, 2.05) is 0 Å². The maximum atomic E-state index is 12.5. The van der Waals surface area contributed by atoms with Gasteiger partial charge in [0.15, 0.2) is 0 Å². The molecule has 26 heavy (non-hydrogen) atoms. The fourth-order valence-electron chi connectivity index (χ4n) is 2.19. The Labute approximate surface area is 151 Å². The average Bonchev–Trinajstić information content (AvgIpc) is 2.98. The zero-order chi connectivity index (χ0) is 19.3. The Kier molecular flexibility index (Phi) is 6.49. The maximum absolute atomic E-state index is 12.5. The summed E-state index contributed by atoms with van der Waals surface area (Å²) < 4.78 is 36.6. The predicted molar refractivity (Wildman–Crippen MR) is 95.4 cm³/mol. The lowest BCUT2D eigenvalue weighted by molar-refractivity contribution is -0.0502. The number of alkyl halides is 2. The Morgan fingerprint density at radius 1 is 1.31 bits per heavy atom. The highest BCUT2D eigenvalue weighted by molar-refractivity contribution is 6.76. The number of carboxylic acids is 1. The number of rotatable bonds is 9. The minimum absolute atomic E-state index is 0.290. The van der Waals surface area contributed by atoms with Crippen molar-refractivity contribution >= 4 is 14.0 Å². The average molecular weight is 384 g/mol. The molecule has 0 fully saturated rings. The second kappa shape index (κ2) is 8.41. The molecule has 0 aliphatic carbocycles. The lowest BCUT2D eigenvalue weighted by atomic mass is 10.1. The monoisotopic (exact) mass is 384 g/mol. The van der Waals surface area contributed by atoms with Crippen molar-refractivity contribution < 1.29 is 28.2 Å². The van der Waals surface area contributed by atoms with Crippen LogP contribution in [-0.4, -0.2) is 42.1 Å². The molecule has 1 aromatic heterocycles. The summed E-state index contributed by atoms with van der Waals surface area (Å²) in [6.45, 7) is 4.64. The van der Waals surface area contributed by atoms with Gasteiger partial charge in [0.2, 0.25) is 0 Å². The molecule has 0 aliphatic heterocycles. The first-order valence-corrected chi connectivity index (χ1v) is 11.8. The molecule has 1 aromatic carbocycles. The number of aromatic nitrogens is 2. The summed E-state index contributed by atoms with van der Waals surface area (Å²) in [7, 11) is -1.16. The highest BCUT2D eigenvalue weighted by atomic mass is 28.3. The van der Waals surface area contributed by atoms with Crippen LogP contribution in [-0.2, 0) is 11.5 Å². The Morgan fingerprint density at radius 3 is 2.65 bits per heavy atom. The molecule has 2 aromatic rings. The van der Waals surface area contributed by atoms with Crippen LogP contribution in [0.1, 0.15) is 10.4 Å². The van der Waals surface area contributed by atoms with Crippen LogP contribution in [0, 0.1) is 0 Å². The van der Waals surface area contributed by atoms with Gasteiger partial charge in [-0.2, -0.15) is 13.9 Å². The normalized spacial score (nSPS) is 11.8. The van der Waals surface area contributed by atoms with E-state index >= 15 is 0 Å². The third-order valence-electron chi connectivity index (χ3n) is 3.61. The minimum Gasteiger partial charge on any atom is -0.478 e. The zero-order valence-corrected chi connectivity index (χ0v) is 15.9. The Bertz CT molecular complexity index is 759. The molecule has 9 heteroatoms. The van der Waals surface area contributed by atoms with E-state index in [4.69, 9.17) is 9.84 Å². The number of nitrogens with zero attached hydrogens (tertiary/aromatic N) is 2. The number of carboxylic acid groups (broad SMARTS) is 1. The van der Waals surface area contributed by atoms with Gasteiger partial charge in [-0.15, -0.1) is 0 Å². The second-order valence-electron chi connectivity index (χ2n) is 7.01. The molecule has 6 nitrogen and oxygen atoms in total. The van der Waals surface area contributed by atoms with E-state index in [1.165, 1.54) is 18.2 Å². The highest BCUT2D eigenvalue weighted by Gasteiger charge is 2.17. The van der Waals surface area contributed by atoms with Gasteiger partial charge in [0.25, 0.3) is 0 Å². The number of hydrogen-bond donors (Lipinski definition) is 1. The van der Waals surface area contributed by atoms with Crippen LogP contribution in [0.4, 0.5) is 8.78 Å². The quantitative estimate of drug-likeness (QED) is 0.519. The number of carbonyl (C=O) groups is 1. The molecular weight excluding hydrogens is 362 g/mol. The third kappa shape index (κ3) is 5.92. The molecule has 0 atom stereocenters. The van der Waals surface area contributed by atoms with E-state index in [0.29, 0.717) is 17.7 Å². The fourth-order valence-corrected chi connectivity index (χ4v) is 2.95. The molecule has 142 valence electrons. The molecule has 0 aliphatic rings. The van der Waals surface area contributed by atoms with Gasteiger partial charge >= 0.3 is 12.6 Å². The number of benzene rings is 1. The van der Waals surface area contributed by atoms with E-state index in [0.717, 1.165) is 6.04 Å². The zero-order valence-electron chi connectivity index (χ0n) is 14.9. The molecule has 0 amide bonds. The van der Waals surface area contributed by atoms with Crippen molar-refractivity contribution in [3.63, 3.8) is 0 Å². The summed E-state index contributed by atoms with van der Waals surface area (Å²) in [5, 5.41) is 13.2. The van der Waals surface area contributed by atoms with Crippen molar-refractivity contribution in [3.05, 3.63) is 36.2 Å². The molecule has 0 unspecified atom stereocenters. The van der Waals surface area contributed by atoms with Crippen molar-refractivity contribution in [1.82, 2.24) is 9.78 Å². The van der Waals surface area contributed by atoms with Crippen molar-refractivity contribution in [2.75, 3.05) is 6.61 Å². The van der Waals surface area contributed by atoms with Crippen molar-refractivity contribution in [3.8, 4) is 16.9 Å². The largest absolute Gasteiger partial charge is 0.478 e. The van der Waals surface area contributed by atoms with E-state index in [1.54, 1.807) is 17.1 Å². The molecule has 1 heterocycles. The van der Waals surface area contributed by atoms with E-state index in [-0.39, 0.29) is 18.0 Å². The summed E-state index contributed by atoms with van der Waals surface area (Å²) in [6, 6.07) is 5.07. The SMILES string of the molecule is C[Si](C)(C)CCOCn1cc(-c2ccc(C(=O)O)c(OC(F)F)c2)cn1. The first kappa shape index (κ1) is 20.1. The van der Waals surface area contributed by atoms with Gasteiger partial charge in [0.1, 0.15) is 18.0 Å². The van der Waals surface area contributed by atoms with Gasteiger partial charge in [-0.05, 0) is 23.7 Å². The summed E-state index contributed by atoms with van der Waals surface area (Å²) in [6.07, 6.45) is 3.26. The number of ether oxygens (including phenoxy) is 2. The second-order valence-corrected chi connectivity index (χ2v) is 12.6. The van der Waals surface area contributed by atoms with E-state index in [9.17, 15) is 13.6 Å². The van der Waals surface area contributed by atoms with Crippen LogP contribution in [0.15, 0.2) is 30.6 Å². The summed E-state index contributed by atoms with van der Waals surface area (Å²) in [5.74, 6) is -1.72. The van der Waals surface area contributed by atoms with Crippen LogP contribution >= 0.6 is 0 Å². The van der Waals surface area contributed by atoms with Gasteiger partial charge in [0, 0.05) is 26.4 Å². The van der Waals surface area contributed by atoms with Gasteiger partial charge < -0.3 is 14.6 Å². The lowest BCUT2D eigenvalue weighted by Gasteiger charge is -2.15. The first-order chi connectivity index (χ1) is 12.2. The van der Waals surface area contributed by atoms with Gasteiger partial charge in [0.05, 0.1) is 6.20 Å². The summed E-state index contributed by atoms with van der Waals surface area (Å²) in [4.78, 5) is 11.1. The molecule has 0 spiro atoms. The van der Waals surface area contributed by atoms with E-state index < -0.39 is 20.7 Å². The molecule has 0 radical (unpaired) electrons. The Hall–Kier alpha value is -2.26. The predicted octanol–water partition coefficient (Wildman–Crippen LogP) is 4.16. The van der Waals surface area contributed by atoms with Crippen LogP contribution in [0.25, 0.3) is 11.1 Å². The molecule has 1 N–H and O–H groups in total. The van der Waals surface area contributed by atoms with Crippen LogP contribution in [0.5, 0.6) is 5.75 Å². The van der Waals surface area contributed by atoms with Crippen molar-refractivity contribution in [1.29, 1.82) is 0 Å². The molecular formula is C17H22F2N2O4Si. The Morgan fingerprint density at radius 2 is 2.04 bits per heavy atom. The first-order valence-electron chi connectivity index (χ1n) is 8.08. The summed E-state index contributed by atoms with van der Waals surface area (Å²) >= 11 is 0. The standard InChI is InChI=1S/C17H22F2N2O4Si/c1-26(2,3)7-6-24-11-21-10-13(9-20-21)12-4-5-14(16(22)23)15(8-12)25-17(18)19/h4-5,8-10,17H,6-7,11H2,1-3H3,(H,22,23).